The van der Waals surface area contributed by atoms with E-state index < -0.39 is 0 Å². The average Bonchev–Trinajstić information content (AvgIpc) is 2.61. The lowest BCUT2D eigenvalue weighted by atomic mass is 10.2. The van der Waals surface area contributed by atoms with Gasteiger partial charge in [0.05, 0.1) is 17.4 Å². The van der Waals surface area contributed by atoms with E-state index in [0.717, 1.165) is 11.3 Å². The molecule has 0 aliphatic carbocycles. The molecule has 1 aromatic heterocycles. The summed E-state index contributed by atoms with van der Waals surface area (Å²) in [6.07, 6.45) is 3.18. The van der Waals surface area contributed by atoms with E-state index in [1.54, 1.807) is 36.5 Å². The highest BCUT2D eigenvalue weighted by Crippen LogP contribution is 2.20. The standard InChI is InChI=1S/C19H15Cl2N3O/c20-15-6-4-13(5-7-15)10-23-19(25)14-8-18(12-22-11-14)24-17-3-1-2-16(21)9-17/h1-9,11-12,24H,10H2,(H,23,25). The van der Waals surface area contributed by atoms with Crippen molar-refractivity contribution in [1.82, 2.24) is 10.3 Å². The summed E-state index contributed by atoms with van der Waals surface area (Å²) in [5.41, 5.74) is 2.98. The SMILES string of the molecule is O=C(NCc1ccc(Cl)cc1)c1cncc(Nc2cccc(Cl)c2)c1. The molecule has 0 aliphatic rings. The van der Waals surface area contributed by atoms with Gasteiger partial charge >= 0.3 is 0 Å². The first kappa shape index (κ1) is 17.3. The Morgan fingerprint density at radius 3 is 2.48 bits per heavy atom. The number of benzene rings is 2. The van der Waals surface area contributed by atoms with Crippen LogP contribution in [0.25, 0.3) is 0 Å². The fourth-order valence-electron chi connectivity index (χ4n) is 2.25. The molecular weight excluding hydrogens is 357 g/mol. The van der Waals surface area contributed by atoms with Crippen LogP contribution in [0.4, 0.5) is 11.4 Å². The van der Waals surface area contributed by atoms with Crippen LogP contribution in [0.1, 0.15) is 15.9 Å². The lowest BCUT2D eigenvalue weighted by molar-refractivity contribution is 0.0950. The van der Waals surface area contributed by atoms with Crippen LogP contribution in [0.3, 0.4) is 0 Å². The van der Waals surface area contributed by atoms with E-state index in [4.69, 9.17) is 23.2 Å². The lowest BCUT2D eigenvalue weighted by Crippen LogP contribution is -2.23. The first-order valence-electron chi connectivity index (χ1n) is 7.60. The highest BCUT2D eigenvalue weighted by atomic mass is 35.5. The van der Waals surface area contributed by atoms with Gasteiger partial charge in [-0.2, -0.15) is 0 Å². The van der Waals surface area contributed by atoms with E-state index in [2.05, 4.69) is 15.6 Å². The zero-order valence-electron chi connectivity index (χ0n) is 13.2. The Bertz CT molecular complexity index is 882. The van der Waals surface area contributed by atoms with Crippen LogP contribution in [-0.2, 0) is 6.54 Å². The van der Waals surface area contributed by atoms with E-state index in [-0.39, 0.29) is 5.91 Å². The van der Waals surface area contributed by atoms with Crippen LogP contribution >= 0.6 is 23.2 Å². The molecule has 0 fully saturated rings. The van der Waals surface area contributed by atoms with Crippen molar-refractivity contribution >= 4 is 40.5 Å². The minimum Gasteiger partial charge on any atom is -0.354 e. The molecule has 0 atom stereocenters. The Morgan fingerprint density at radius 2 is 1.72 bits per heavy atom. The third-order valence-corrected chi connectivity index (χ3v) is 3.97. The number of nitrogens with one attached hydrogen (secondary N) is 2. The van der Waals surface area contributed by atoms with E-state index in [1.807, 2.05) is 24.3 Å². The van der Waals surface area contributed by atoms with Crippen LogP contribution in [-0.4, -0.2) is 10.9 Å². The third-order valence-electron chi connectivity index (χ3n) is 3.48. The predicted octanol–water partition coefficient (Wildman–Crippen LogP) is 5.06. The van der Waals surface area contributed by atoms with Gasteiger partial charge in [-0.15, -0.1) is 0 Å². The number of anilines is 2. The molecule has 1 amide bonds. The van der Waals surface area contributed by atoms with Gasteiger partial charge in [0, 0.05) is 28.5 Å². The Balaban J connectivity index is 1.65. The molecule has 2 N–H and O–H groups in total. The summed E-state index contributed by atoms with van der Waals surface area (Å²) in [7, 11) is 0. The smallest absolute Gasteiger partial charge is 0.253 e. The molecule has 0 bridgehead atoms. The summed E-state index contributed by atoms with van der Waals surface area (Å²) in [5.74, 6) is -0.197. The van der Waals surface area contributed by atoms with Gasteiger partial charge in [-0.25, -0.2) is 0 Å². The molecule has 3 rings (SSSR count). The predicted molar refractivity (Wildman–Crippen MR) is 102 cm³/mol. The van der Waals surface area contributed by atoms with Crippen molar-refractivity contribution in [3.63, 3.8) is 0 Å². The molecule has 6 heteroatoms. The first-order chi connectivity index (χ1) is 12.1. The van der Waals surface area contributed by atoms with Crippen molar-refractivity contribution in [1.29, 1.82) is 0 Å². The molecule has 0 aliphatic heterocycles. The van der Waals surface area contributed by atoms with Crippen molar-refractivity contribution in [2.24, 2.45) is 0 Å². The minimum absolute atomic E-state index is 0.197. The quantitative estimate of drug-likeness (QED) is 0.658. The normalized spacial score (nSPS) is 10.3. The van der Waals surface area contributed by atoms with Gasteiger partial charge in [0.1, 0.15) is 0 Å². The second kappa shape index (κ2) is 8.01. The lowest BCUT2D eigenvalue weighted by Gasteiger charge is -2.09. The molecule has 2 aromatic carbocycles. The Morgan fingerprint density at radius 1 is 0.920 bits per heavy atom. The molecule has 25 heavy (non-hydrogen) atoms. The van der Waals surface area contributed by atoms with Gasteiger partial charge in [-0.05, 0) is 42.0 Å². The van der Waals surface area contributed by atoms with E-state index in [1.165, 1.54) is 6.20 Å². The molecule has 0 radical (unpaired) electrons. The van der Waals surface area contributed by atoms with Crippen molar-refractivity contribution in [2.75, 3.05) is 5.32 Å². The van der Waals surface area contributed by atoms with E-state index in [9.17, 15) is 4.79 Å². The number of hydrogen-bond acceptors (Lipinski definition) is 3. The van der Waals surface area contributed by atoms with Gasteiger partial charge in [-0.1, -0.05) is 41.4 Å². The van der Waals surface area contributed by atoms with Crippen molar-refractivity contribution in [3.8, 4) is 0 Å². The molecule has 126 valence electrons. The first-order valence-corrected chi connectivity index (χ1v) is 8.36. The topological polar surface area (TPSA) is 54.0 Å². The zero-order chi connectivity index (χ0) is 17.6. The van der Waals surface area contributed by atoms with Crippen molar-refractivity contribution < 1.29 is 4.79 Å². The van der Waals surface area contributed by atoms with Crippen LogP contribution < -0.4 is 10.6 Å². The maximum absolute atomic E-state index is 12.3. The van der Waals surface area contributed by atoms with Crippen molar-refractivity contribution in [2.45, 2.75) is 6.54 Å². The summed E-state index contributed by atoms with van der Waals surface area (Å²) >= 11 is 11.8. The number of carbonyl (C=O) groups excluding carboxylic acids is 1. The molecule has 0 unspecified atom stereocenters. The number of pyridine rings is 1. The van der Waals surface area contributed by atoms with Gasteiger partial charge in [0.25, 0.3) is 5.91 Å². The molecule has 4 nitrogen and oxygen atoms in total. The summed E-state index contributed by atoms with van der Waals surface area (Å²) in [4.78, 5) is 16.4. The second-order valence-corrected chi connectivity index (χ2v) is 6.28. The highest BCUT2D eigenvalue weighted by molar-refractivity contribution is 6.31. The Labute approximate surface area is 155 Å². The Kier molecular flexibility index (Phi) is 5.53. The molecule has 0 saturated heterocycles. The maximum atomic E-state index is 12.3. The maximum Gasteiger partial charge on any atom is 0.253 e. The zero-order valence-corrected chi connectivity index (χ0v) is 14.7. The van der Waals surface area contributed by atoms with Crippen LogP contribution in [0.2, 0.25) is 10.0 Å². The second-order valence-electron chi connectivity index (χ2n) is 5.41. The van der Waals surface area contributed by atoms with E-state index in [0.29, 0.717) is 27.8 Å². The Hall–Kier alpha value is -2.56. The fourth-order valence-corrected chi connectivity index (χ4v) is 2.57. The molecule has 1 heterocycles. The number of aromatic nitrogens is 1. The van der Waals surface area contributed by atoms with Gasteiger partial charge in [0.2, 0.25) is 0 Å². The third kappa shape index (κ3) is 4.95. The summed E-state index contributed by atoms with van der Waals surface area (Å²) in [6.45, 7) is 0.419. The number of rotatable bonds is 5. The summed E-state index contributed by atoms with van der Waals surface area (Å²) < 4.78 is 0. The van der Waals surface area contributed by atoms with Gasteiger partial charge < -0.3 is 10.6 Å². The number of amides is 1. The molecule has 3 aromatic rings. The minimum atomic E-state index is -0.197. The van der Waals surface area contributed by atoms with Gasteiger partial charge in [0.15, 0.2) is 0 Å². The van der Waals surface area contributed by atoms with Crippen LogP contribution in [0, 0.1) is 0 Å². The van der Waals surface area contributed by atoms with Crippen LogP contribution in [0.15, 0.2) is 67.0 Å². The number of hydrogen-bond donors (Lipinski definition) is 2. The fraction of sp³-hybridized carbons (Fsp3) is 0.0526. The highest BCUT2D eigenvalue weighted by Gasteiger charge is 2.07. The summed E-state index contributed by atoms with van der Waals surface area (Å²) in [5, 5.41) is 7.34. The summed E-state index contributed by atoms with van der Waals surface area (Å²) in [6, 6.07) is 16.4. The molecule has 0 saturated carbocycles. The molecular formula is C19H15Cl2N3O. The number of nitrogens with zero attached hydrogens (tertiary/aromatic N) is 1. The number of halogens is 2. The van der Waals surface area contributed by atoms with Crippen LogP contribution in [0.5, 0.6) is 0 Å². The van der Waals surface area contributed by atoms with Gasteiger partial charge in [-0.3, -0.25) is 9.78 Å². The van der Waals surface area contributed by atoms with Crippen molar-refractivity contribution in [3.05, 3.63) is 88.2 Å². The number of carbonyl (C=O) groups is 1. The largest absolute Gasteiger partial charge is 0.354 e. The average molecular weight is 372 g/mol. The van der Waals surface area contributed by atoms with E-state index >= 15 is 0 Å². The molecule has 0 spiro atoms. The monoisotopic (exact) mass is 371 g/mol.